The second-order valence-electron chi connectivity index (χ2n) is 5.59. The van der Waals surface area contributed by atoms with E-state index in [4.69, 9.17) is 5.11 Å². The third-order valence-electron chi connectivity index (χ3n) is 3.61. The average molecular weight is 270 g/mol. The molecule has 0 aromatic rings. The van der Waals surface area contributed by atoms with Crippen molar-refractivity contribution in [3.05, 3.63) is 0 Å². The van der Waals surface area contributed by atoms with Crippen LogP contribution in [0.2, 0.25) is 0 Å². The zero-order chi connectivity index (χ0) is 14.3. The van der Waals surface area contributed by atoms with Gasteiger partial charge < -0.3 is 10.0 Å². The first-order chi connectivity index (χ1) is 9.02. The van der Waals surface area contributed by atoms with Crippen LogP contribution in [-0.2, 0) is 9.59 Å². The normalized spacial score (nSPS) is 18.8. The van der Waals surface area contributed by atoms with Crippen LogP contribution in [0.25, 0.3) is 0 Å². The lowest BCUT2D eigenvalue weighted by molar-refractivity contribution is -0.141. The summed E-state index contributed by atoms with van der Waals surface area (Å²) in [5, 5.41) is 11.9. The Balaban J connectivity index is 2.41. The van der Waals surface area contributed by atoms with Gasteiger partial charge in [0.1, 0.15) is 6.04 Å². The fourth-order valence-electron chi connectivity index (χ4n) is 2.41. The van der Waals surface area contributed by atoms with Crippen LogP contribution in [0.15, 0.2) is 0 Å². The average Bonchev–Trinajstić information content (AvgIpc) is 2.27. The third-order valence-corrected chi connectivity index (χ3v) is 3.61. The van der Waals surface area contributed by atoms with E-state index < -0.39 is 12.0 Å². The molecule has 0 spiro atoms. The van der Waals surface area contributed by atoms with E-state index >= 15 is 0 Å². The predicted octanol–water partition coefficient (Wildman–Crippen LogP) is 1.48. The number of carboxylic acid groups (broad SMARTS) is 1. The molecule has 1 rings (SSSR count). The second-order valence-corrected chi connectivity index (χ2v) is 5.59. The third kappa shape index (κ3) is 5.59. The molecule has 0 bridgehead atoms. The smallest absolute Gasteiger partial charge is 0.320 e. The first kappa shape index (κ1) is 16.0. The number of carbonyl (C=O) groups excluding carboxylic acids is 1. The van der Waals surface area contributed by atoms with Crippen LogP contribution in [0, 0.1) is 5.92 Å². The highest BCUT2D eigenvalue weighted by Crippen LogP contribution is 2.10. The standard InChI is InChI=1S/C14H26N2O3/c1-11(2)13(14(18)19)15-10-12(17)16-8-6-4-3-5-7-9-16/h11,13,15H,3-10H2,1-2H3,(H,18,19). The monoisotopic (exact) mass is 270 g/mol. The van der Waals surface area contributed by atoms with Crippen LogP contribution in [0.5, 0.6) is 0 Å². The second kappa shape index (κ2) is 8.15. The number of aliphatic carboxylic acids is 1. The summed E-state index contributed by atoms with van der Waals surface area (Å²) in [7, 11) is 0. The number of likely N-dealkylation sites (tertiary alicyclic amines) is 1. The highest BCUT2D eigenvalue weighted by atomic mass is 16.4. The number of amides is 1. The van der Waals surface area contributed by atoms with Gasteiger partial charge in [-0.3, -0.25) is 14.9 Å². The molecule has 1 amide bonds. The molecule has 0 aromatic heterocycles. The Morgan fingerprint density at radius 2 is 1.63 bits per heavy atom. The van der Waals surface area contributed by atoms with E-state index in [2.05, 4.69) is 5.32 Å². The number of nitrogens with zero attached hydrogens (tertiary/aromatic N) is 1. The van der Waals surface area contributed by atoms with Gasteiger partial charge in [0.15, 0.2) is 0 Å². The van der Waals surface area contributed by atoms with Gasteiger partial charge in [0.05, 0.1) is 6.54 Å². The molecule has 110 valence electrons. The van der Waals surface area contributed by atoms with Gasteiger partial charge >= 0.3 is 5.97 Å². The largest absolute Gasteiger partial charge is 0.480 e. The molecular formula is C14H26N2O3. The van der Waals surface area contributed by atoms with Gasteiger partial charge in [-0.25, -0.2) is 0 Å². The van der Waals surface area contributed by atoms with Crippen molar-refractivity contribution in [2.75, 3.05) is 19.6 Å². The van der Waals surface area contributed by atoms with E-state index in [1.165, 1.54) is 19.3 Å². The van der Waals surface area contributed by atoms with E-state index in [1.807, 2.05) is 18.7 Å². The summed E-state index contributed by atoms with van der Waals surface area (Å²) in [6.07, 6.45) is 5.73. The summed E-state index contributed by atoms with van der Waals surface area (Å²) in [5.41, 5.74) is 0. The summed E-state index contributed by atoms with van der Waals surface area (Å²) in [5.74, 6) is -0.901. The molecule has 0 aromatic carbocycles. The summed E-state index contributed by atoms with van der Waals surface area (Å²) in [4.78, 5) is 25.0. The lowest BCUT2D eigenvalue weighted by Gasteiger charge is -2.26. The topological polar surface area (TPSA) is 69.6 Å². The first-order valence-electron chi connectivity index (χ1n) is 7.26. The number of nitrogens with one attached hydrogen (secondary N) is 1. The van der Waals surface area contributed by atoms with Gasteiger partial charge in [-0.1, -0.05) is 33.1 Å². The molecule has 0 saturated carbocycles. The molecule has 5 nitrogen and oxygen atoms in total. The maximum Gasteiger partial charge on any atom is 0.320 e. The minimum absolute atomic E-state index is 0.0220. The molecule has 1 unspecified atom stereocenters. The van der Waals surface area contributed by atoms with Crippen LogP contribution in [-0.4, -0.2) is 47.6 Å². The van der Waals surface area contributed by atoms with Crippen LogP contribution in [0.4, 0.5) is 0 Å². The molecule has 1 aliphatic heterocycles. The molecule has 1 fully saturated rings. The van der Waals surface area contributed by atoms with Crippen LogP contribution in [0.1, 0.15) is 46.0 Å². The molecule has 1 atom stereocenters. The number of carbonyl (C=O) groups is 2. The lowest BCUT2D eigenvalue weighted by atomic mass is 10.0. The summed E-state index contributed by atoms with van der Waals surface area (Å²) >= 11 is 0. The van der Waals surface area contributed by atoms with E-state index in [-0.39, 0.29) is 18.4 Å². The van der Waals surface area contributed by atoms with Gasteiger partial charge in [0, 0.05) is 13.1 Å². The lowest BCUT2D eigenvalue weighted by Crippen LogP contribution is -2.47. The zero-order valence-corrected chi connectivity index (χ0v) is 12.0. The summed E-state index contributed by atoms with van der Waals surface area (Å²) in [6.45, 7) is 5.41. The molecule has 0 aliphatic carbocycles. The minimum atomic E-state index is -0.893. The molecule has 19 heavy (non-hydrogen) atoms. The number of hydrogen-bond acceptors (Lipinski definition) is 3. The molecule has 1 aliphatic rings. The maximum atomic E-state index is 12.1. The molecule has 1 heterocycles. The Bertz CT molecular complexity index is 297. The SMILES string of the molecule is CC(C)C(NCC(=O)N1CCCCCCC1)C(=O)O. The number of hydrogen-bond donors (Lipinski definition) is 2. The molecule has 0 radical (unpaired) electrons. The predicted molar refractivity (Wildman–Crippen MR) is 73.9 cm³/mol. The van der Waals surface area contributed by atoms with Crippen LogP contribution < -0.4 is 5.32 Å². The Morgan fingerprint density at radius 3 is 2.11 bits per heavy atom. The highest BCUT2D eigenvalue weighted by molar-refractivity contribution is 5.80. The van der Waals surface area contributed by atoms with Crippen molar-refractivity contribution in [3.8, 4) is 0 Å². The first-order valence-corrected chi connectivity index (χ1v) is 7.26. The number of rotatable bonds is 5. The van der Waals surface area contributed by atoms with Crippen LogP contribution >= 0.6 is 0 Å². The van der Waals surface area contributed by atoms with E-state index in [9.17, 15) is 9.59 Å². The van der Waals surface area contributed by atoms with Crippen molar-refractivity contribution >= 4 is 11.9 Å². The minimum Gasteiger partial charge on any atom is -0.480 e. The molecule has 2 N–H and O–H groups in total. The Morgan fingerprint density at radius 1 is 1.11 bits per heavy atom. The van der Waals surface area contributed by atoms with Crippen molar-refractivity contribution < 1.29 is 14.7 Å². The highest BCUT2D eigenvalue weighted by Gasteiger charge is 2.23. The van der Waals surface area contributed by atoms with Crippen molar-refractivity contribution in [3.63, 3.8) is 0 Å². The van der Waals surface area contributed by atoms with Crippen molar-refractivity contribution in [1.29, 1.82) is 0 Å². The maximum absolute atomic E-state index is 12.1. The van der Waals surface area contributed by atoms with Crippen molar-refractivity contribution in [1.82, 2.24) is 10.2 Å². The van der Waals surface area contributed by atoms with E-state index in [1.54, 1.807) is 0 Å². The zero-order valence-electron chi connectivity index (χ0n) is 12.0. The van der Waals surface area contributed by atoms with Crippen molar-refractivity contribution in [2.24, 2.45) is 5.92 Å². The number of carboxylic acids is 1. The fourth-order valence-corrected chi connectivity index (χ4v) is 2.41. The van der Waals surface area contributed by atoms with Gasteiger partial charge in [-0.15, -0.1) is 0 Å². The van der Waals surface area contributed by atoms with Gasteiger partial charge in [-0.2, -0.15) is 0 Å². The summed E-state index contributed by atoms with van der Waals surface area (Å²) < 4.78 is 0. The fraction of sp³-hybridized carbons (Fsp3) is 0.857. The van der Waals surface area contributed by atoms with E-state index in [0.29, 0.717) is 0 Å². The van der Waals surface area contributed by atoms with Gasteiger partial charge in [-0.05, 0) is 18.8 Å². The van der Waals surface area contributed by atoms with Gasteiger partial charge in [0.2, 0.25) is 5.91 Å². The molecular weight excluding hydrogens is 244 g/mol. The van der Waals surface area contributed by atoms with Gasteiger partial charge in [0.25, 0.3) is 0 Å². The quantitative estimate of drug-likeness (QED) is 0.794. The summed E-state index contributed by atoms with van der Waals surface area (Å²) in [6, 6.07) is -0.654. The molecule has 1 saturated heterocycles. The Hall–Kier alpha value is -1.10. The van der Waals surface area contributed by atoms with Crippen LogP contribution in [0.3, 0.4) is 0 Å². The van der Waals surface area contributed by atoms with Crippen molar-refractivity contribution in [2.45, 2.75) is 52.0 Å². The Labute approximate surface area is 115 Å². The van der Waals surface area contributed by atoms with E-state index in [0.717, 1.165) is 25.9 Å². The Kier molecular flexibility index (Phi) is 6.84. The molecule has 5 heteroatoms.